The number of amides is 1. The molecule has 0 aliphatic rings. The van der Waals surface area contributed by atoms with Crippen molar-refractivity contribution < 1.29 is 18.0 Å². The smallest absolute Gasteiger partial charge is 0.324 e. The van der Waals surface area contributed by atoms with Gasteiger partial charge in [0.1, 0.15) is 5.69 Å². The van der Waals surface area contributed by atoms with Crippen molar-refractivity contribution in [1.82, 2.24) is 9.55 Å². The summed E-state index contributed by atoms with van der Waals surface area (Å²) in [6, 6.07) is 18.3. The first-order valence-electron chi connectivity index (χ1n) is 10.6. The molecule has 0 fully saturated rings. The van der Waals surface area contributed by atoms with Crippen molar-refractivity contribution in [2.75, 3.05) is 5.32 Å². The molecule has 0 unspecified atom stereocenters. The van der Waals surface area contributed by atoms with E-state index in [1.807, 2.05) is 53.4 Å². The molecule has 4 aromatic rings. The molecule has 1 amide bonds. The van der Waals surface area contributed by atoms with Gasteiger partial charge in [0.05, 0.1) is 16.9 Å². The molecule has 0 atom stereocenters. The van der Waals surface area contributed by atoms with Crippen molar-refractivity contribution in [2.45, 2.75) is 20.0 Å². The van der Waals surface area contributed by atoms with Gasteiger partial charge in [-0.15, -0.1) is 0 Å². The molecular weight excluding hydrogens is 477 g/mol. The van der Waals surface area contributed by atoms with Crippen LogP contribution in [0.4, 0.5) is 24.5 Å². The lowest BCUT2D eigenvalue weighted by atomic mass is 10.1. The molecule has 1 N–H and O–H groups in total. The lowest BCUT2D eigenvalue weighted by molar-refractivity contribution is -0.141. The number of alkyl halides is 3. The molecule has 4 rings (SSSR count). The fourth-order valence-electron chi connectivity index (χ4n) is 3.52. The maximum absolute atomic E-state index is 12.9. The number of benzene rings is 2. The molecule has 0 saturated carbocycles. The molecule has 2 aromatic carbocycles. The summed E-state index contributed by atoms with van der Waals surface area (Å²) in [6.07, 6.45) is -0.706. The molecule has 2 aromatic heterocycles. The van der Waals surface area contributed by atoms with E-state index in [9.17, 15) is 18.0 Å². The molecule has 0 bridgehead atoms. The van der Waals surface area contributed by atoms with Gasteiger partial charge in [0, 0.05) is 40.1 Å². The van der Waals surface area contributed by atoms with Crippen LogP contribution < -0.4 is 5.32 Å². The average molecular weight is 497 g/mol. The largest absolute Gasteiger partial charge is 0.433 e. The molecule has 2 heterocycles. The number of halogens is 4. The van der Waals surface area contributed by atoms with Gasteiger partial charge in [-0.1, -0.05) is 17.7 Å². The Morgan fingerprint density at radius 2 is 1.74 bits per heavy atom. The van der Waals surface area contributed by atoms with E-state index in [4.69, 9.17) is 11.6 Å². The Kier molecular flexibility index (Phi) is 6.75. The van der Waals surface area contributed by atoms with Crippen molar-refractivity contribution in [3.05, 3.63) is 107 Å². The normalized spacial score (nSPS) is 12.0. The zero-order valence-electron chi connectivity index (χ0n) is 18.8. The molecular formula is C26H20ClF3N4O. The van der Waals surface area contributed by atoms with Crippen LogP contribution in [0.3, 0.4) is 0 Å². The number of aromatic nitrogens is 2. The average Bonchev–Trinajstić information content (AvgIpc) is 3.35. The first-order chi connectivity index (χ1) is 16.6. The highest BCUT2D eigenvalue weighted by molar-refractivity contribution is 6.34. The third-order valence-corrected chi connectivity index (χ3v) is 5.59. The van der Waals surface area contributed by atoms with Crippen LogP contribution in [-0.4, -0.2) is 21.2 Å². The number of hydrogen-bond donors (Lipinski definition) is 1. The Balaban J connectivity index is 1.57. The van der Waals surface area contributed by atoms with Gasteiger partial charge < -0.3 is 9.88 Å². The quantitative estimate of drug-likeness (QED) is 0.296. The van der Waals surface area contributed by atoms with E-state index in [2.05, 4.69) is 15.3 Å². The minimum Gasteiger partial charge on any atom is -0.324 e. The molecule has 35 heavy (non-hydrogen) atoms. The molecule has 5 nitrogen and oxygen atoms in total. The summed E-state index contributed by atoms with van der Waals surface area (Å²) < 4.78 is 40.6. The van der Waals surface area contributed by atoms with E-state index in [0.29, 0.717) is 22.0 Å². The number of anilines is 1. The summed E-state index contributed by atoms with van der Waals surface area (Å²) in [6.45, 7) is 3.16. The van der Waals surface area contributed by atoms with Gasteiger partial charge in [-0.05, 0) is 74.5 Å². The Hall–Kier alpha value is -3.91. The second-order valence-corrected chi connectivity index (χ2v) is 8.19. The van der Waals surface area contributed by atoms with Crippen LogP contribution in [0.1, 0.15) is 34.2 Å². The van der Waals surface area contributed by atoms with E-state index in [1.165, 1.54) is 6.92 Å². The number of pyridine rings is 1. The van der Waals surface area contributed by atoms with Gasteiger partial charge in [0.2, 0.25) is 0 Å². The second-order valence-electron chi connectivity index (χ2n) is 7.78. The highest BCUT2D eigenvalue weighted by Gasteiger charge is 2.33. The second kappa shape index (κ2) is 9.76. The summed E-state index contributed by atoms with van der Waals surface area (Å²) in [5.41, 5.74) is 2.31. The zero-order valence-corrected chi connectivity index (χ0v) is 19.5. The van der Waals surface area contributed by atoms with E-state index < -0.39 is 17.8 Å². The number of nitrogens with one attached hydrogen (secondary N) is 1. The summed E-state index contributed by atoms with van der Waals surface area (Å²) in [5.74, 6) is -0.578. The number of nitrogens with zero attached hydrogens (tertiary/aromatic N) is 3. The van der Waals surface area contributed by atoms with Crippen LogP contribution >= 0.6 is 11.6 Å². The Morgan fingerprint density at radius 1 is 1.00 bits per heavy atom. The van der Waals surface area contributed by atoms with Crippen LogP contribution in [0.2, 0.25) is 5.02 Å². The number of aliphatic imine (C=N–C) groups is 1. The molecule has 0 saturated heterocycles. The van der Waals surface area contributed by atoms with Crippen LogP contribution in [0, 0.1) is 6.92 Å². The Morgan fingerprint density at radius 3 is 2.43 bits per heavy atom. The fourth-order valence-corrected chi connectivity index (χ4v) is 3.78. The van der Waals surface area contributed by atoms with Gasteiger partial charge in [0.25, 0.3) is 5.91 Å². The lowest BCUT2D eigenvalue weighted by Gasteiger charge is -2.12. The number of hydrogen-bond acceptors (Lipinski definition) is 3. The van der Waals surface area contributed by atoms with Crippen molar-refractivity contribution in [3.8, 4) is 5.69 Å². The first-order valence-corrected chi connectivity index (χ1v) is 10.9. The molecule has 0 aliphatic heterocycles. The standard InChI is InChI=1S/C26H20ClF3N4O/c1-16-21(9-11-24(32-16)26(28,29)30)25(35)33-19-8-10-23(27)22(15-19)17(2)31-18-6-5-7-20(14-18)34-12-3-4-13-34/h3-15H,1-2H3,(H,33,35). The first kappa shape index (κ1) is 24.2. The monoisotopic (exact) mass is 496 g/mol. The fraction of sp³-hybridized carbons (Fsp3) is 0.115. The molecule has 0 aliphatic carbocycles. The van der Waals surface area contributed by atoms with Crippen LogP contribution in [-0.2, 0) is 6.18 Å². The summed E-state index contributed by atoms with van der Waals surface area (Å²) >= 11 is 6.39. The molecule has 0 radical (unpaired) electrons. The van der Waals surface area contributed by atoms with Gasteiger partial charge >= 0.3 is 6.18 Å². The zero-order chi connectivity index (χ0) is 25.2. The highest BCUT2D eigenvalue weighted by Crippen LogP contribution is 2.29. The number of rotatable bonds is 5. The molecule has 178 valence electrons. The van der Waals surface area contributed by atoms with E-state index in [-0.39, 0.29) is 11.3 Å². The Labute approximate surface area is 204 Å². The third kappa shape index (κ3) is 5.60. The summed E-state index contributed by atoms with van der Waals surface area (Å²) in [7, 11) is 0. The topological polar surface area (TPSA) is 59.3 Å². The van der Waals surface area contributed by atoms with Gasteiger partial charge in [-0.25, -0.2) is 4.98 Å². The van der Waals surface area contributed by atoms with Crippen LogP contribution in [0.25, 0.3) is 5.69 Å². The lowest BCUT2D eigenvalue weighted by Crippen LogP contribution is -2.17. The van der Waals surface area contributed by atoms with Gasteiger partial charge in [-0.3, -0.25) is 9.79 Å². The van der Waals surface area contributed by atoms with Gasteiger partial charge in [0.15, 0.2) is 0 Å². The van der Waals surface area contributed by atoms with Crippen LogP contribution in [0.15, 0.2) is 84.1 Å². The molecule has 9 heteroatoms. The SMILES string of the molecule is CC(=Nc1cccc(-n2cccc2)c1)c1cc(NC(=O)c2ccc(C(F)(F)F)nc2C)ccc1Cl. The highest BCUT2D eigenvalue weighted by atomic mass is 35.5. The summed E-state index contributed by atoms with van der Waals surface area (Å²) in [5, 5.41) is 3.14. The summed E-state index contributed by atoms with van der Waals surface area (Å²) in [4.78, 5) is 20.9. The van der Waals surface area contributed by atoms with Crippen molar-refractivity contribution >= 4 is 34.6 Å². The van der Waals surface area contributed by atoms with E-state index >= 15 is 0 Å². The number of carbonyl (C=O) groups is 1. The minimum atomic E-state index is -4.58. The maximum atomic E-state index is 12.9. The number of aryl methyl sites for hydroxylation is 1. The van der Waals surface area contributed by atoms with E-state index in [0.717, 1.165) is 23.5 Å². The predicted molar refractivity (Wildman–Crippen MR) is 131 cm³/mol. The maximum Gasteiger partial charge on any atom is 0.433 e. The Bertz CT molecular complexity index is 1410. The van der Waals surface area contributed by atoms with Crippen LogP contribution in [0.5, 0.6) is 0 Å². The third-order valence-electron chi connectivity index (χ3n) is 5.26. The van der Waals surface area contributed by atoms with Gasteiger partial charge in [-0.2, -0.15) is 13.2 Å². The van der Waals surface area contributed by atoms with Crippen molar-refractivity contribution in [2.24, 2.45) is 4.99 Å². The number of carbonyl (C=O) groups excluding carboxylic acids is 1. The predicted octanol–water partition coefficient (Wildman–Crippen LogP) is 7.25. The molecule has 0 spiro atoms. The van der Waals surface area contributed by atoms with E-state index in [1.54, 1.807) is 25.1 Å². The minimum absolute atomic E-state index is 0.0215. The van der Waals surface area contributed by atoms with Crippen molar-refractivity contribution in [3.63, 3.8) is 0 Å². The van der Waals surface area contributed by atoms with Crippen molar-refractivity contribution in [1.29, 1.82) is 0 Å².